The topological polar surface area (TPSA) is 85.7 Å². The molecule has 2 aromatic rings. The molecule has 0 fully saturated rings. The standard InChI is InChI=1S/C13H15NO4/c1-7-5-9-8(6-10(14)13(15)16)3-4-11(17-2)12(9)18-7/h3-5,10H,6,14H2,1-2H3,(H,15,16). The molecular weight excluding hydrogens is 234 g/mol. The lowest BCUT2D eigenvalue weighted by Gasteiger charge is -2.08. The van der Waals surface area contributed by atoms with Crippen LogP contribution in [0.5, 0.6) is 5.75 Å². The zero-order valence-corrected chi connectivity index (χ0v) is 10.3. The fraction of sp³-hybridized carbons (Fsp3) is 0.308. The molecule has 96 valence electrons. The number of methoxy groups -OCH3 is 1. The maximum absolute atomic E-state index is 10.8. The average Bonchev–Trinajstić information content (AvgIpc) is 2.71. The molecule has 0 saturated carbocycles. The molecule has 0 amide bonds. The van der Waals surface area contributed by atoms with Crippen LogP contribution in [0.3, 0.4) is 0 Å². The molecule has 3 N–H and O–H groups in total. The number of benzene rings is 1. The van der Waals surface area contributed by atoms with Crippen LogP contribution in [0.2, 0.25) is 0 Å². The van der Waals surface area contributed by atoms with Crippen molar-refractivity contribution in [2.45, 2.75) is 19.4 Å². The van der Waals surface area contributed by atoms with Gasteiger partial charge in [-0.15, -0.1) is 0 Å². The molecule has 1 atom stereocenters. The minimum atomic E-state index is -1.01. The second-order valence-electron chi connectivity index (χ2n) is 4.18. The summed E-state index contributed by atoms with van der Waals surface area (Å²) in [5.41, 5.74) is 7.03. The van der Waals surface area contributed by atoms with E-state index in [1.54, 1.807) is 13.2 Å². The molecule has 0 aliphatic carbocycles. The lowest BCUT2D eigenvalue weighted by Crippen LogP contribution is -2.32. The van der Waals surface area contributed by atoms with Crippen LogP contribution in [0.1, 0.15) is 11.3 Å². The predicted octanol–water partition coefficient (Wildman–Crippen LogP) is 1.70. The van der Waals surface area contributed by atoms with Crippen molar-refractivity contribution in [3.8, 4) is 5.75 Å². The van der Waals surface area contributed by atoms with Gasteiger partial charge in [-0.05, 0) is 31.0 Å². The van der Waals surface area contributed by atoms with E-state index in [9.17, 15) is 4.79 Å². The van der Waals surface area contributed by atoms with Gasteiger partial charge in [-0.1, -0.05) is 6.07 Å². The van der Waals surface area contributed by atoms with Crippen molar-refractivity contribution in [3.05, 3.63) is 29.5 Å². The Morgan fingerprint density at radius 2 is 2.28 bits per heavy atom. The summed E-state index contributed by atoms with van der Waals surface area (Å²) in [6.07, 6.45) is 0.259. The number of fused-ring (bicyclic) bond motifs is 1. The molecule has 1 aromatic heterocycles. The summed E-state index contributed by atoms with van der Waals surface area (Å²) >= 11 is 0. The van der Waals surface area contributed by atoms with E-state index in [0.29, 0.717) is 11.3 Å². The Bertz CT molecular complexity index is 588. The SMILES string of the molecule is COc1ccc(CC(N)C(=O)O)c2cc(C)oc12. The summed E-state index contributed by atoms with van der Waals surface area (Å²) in [6.45, 7) is 1.83. The number of furan rings is 1. The third-order valence-corrected chi connectivity index (χ3v) is 2.84. The molecular formula is C13H15NO4. The number of hydrogen-bond donors (Lipinski definition) is 2. The molecule has 1 aromatic carbocycles. The summed E-state index contributed by atoms with van der Waals surface area (Å²) in [6, 6.07) is 4.52. The molecule has 5 nitrogen and oxygen atoms in total. The third kappa shape index (κ3) is 2.17. The van der Waals surface area contributed by atoms with E-state index >= 15 is 0 Å². The number of hydrogen-bond acceptors (Lipinski definition) is 4. The smallest absolute Gasteiger partial charge is 0.320 e. The second-order valence-corrected chi connectivity index (χ2v) is 4.18. The summed E-state index contributed by atoms with van der Waals surface area (Å²) in [7, 11) is 1.56. The van der Waals surface area contributed by atoms with Gasteiger partial charge in [0, 0.05) is 5.39 Å². The van der Waals surface area contributed by atoms with Gasteiger partial charge in [0.25, 0.3) is 0 Å². The summed E-state index contributed by atoms with van der Waals surface area (Å²) < 4.78 is 10.8. The second kappa shape index (κ2) is 4.70. The van der Waals surface area contributed by atoms with Crippen molar-refractivity contribution >= 4 is 16.9 Å². The number of ether oxygens (including phenoxy) is 1. The zero-order valence-electron chi connectivity index (χ0n) is 10.3. The maximum atomic E-state index is 10.8. The molecule has 0 bridgehead atoms. The number of aryl methyl sites for hydroxylation is 1. The Labute approximate surface area is 104 Å². The lowest BCUT2D eigenvalue weighted by atomic mass is 10.0. The van der Waals surface area contributed by atoms with Crippen molar-refractivity contribution in [1.29, 1.82) is 0 Å². The first-order chi connectivity index (χ1) is 8.52. The van der Waals surface area contributed by atoms with E-state index in [2.05, 4.69) is 0 Å². The van der Waals surface area contributed by atoms with Crippen LogP contribution < -0.4 is 10.5 Å². The zero-order chi connectivity index (χ0) is 13.3. The summed E-state index contributed by atoms with van der Waals surface area (Å²) in [4.78, 5) is 10.8. The van der Waals surface area contributed by atoms with Crippen LogP contribution in [-0.2, 0) is 11.2 Å². The van der Waals surface area contributed by atoms with E-state index < -0.39 is 12.0 Å². The van der Waals surface area contributed by atoms with E-state index in [-0.39, 0.29) is 6.42 Å². The minimum absolute atomic E-state index is 0.259. The van der Waals surface area contributed by atoms with Crippen LogP contribution in [0, 0.1) is 6.92 Å². The quantitative estimate of drug-likeness (QED) is 0.861. The molecule has 0 aliphatic heterocycles. The van der Waals surface area contributed by atoms with Crippen molar-refractivity contribution in [2.75, 3.05) is 7.11 Å². The van der Waals surface area contributed by atoms with Gasteiger partial charge in [0.15, 0.2) is 11.3 Å². The molecule has 0 spiro atoms. The lowest BCUT2D eigenvalue weighted by molar-refractivity contribution is -0.138. The molecule has 0 radical (unpaired) electrons. The highest BCUT2D eigenvalue weighted by Crippen LogP contribution is 2.31. The van der Waals surface area contributed by atoms with Gasteiger partial charge in [0.05, 0.1) is 7.11 Å². The Morgan fingerprint density at radius 3 is 2.89 bits per heavy atom. The molecule has 1 heterocycles. The first kappa shape index (κ1) is 12.4. The van der Waals surface area contributed by atoms with Gasteiger partial charge >= 0.3 is 5.97 Å². The summed E-state index contributed by atoms with van der Waals surface area (Å²) in [5.74, 6) is 0.365. The van der Waals surface area contributed by atoms with Gasteiger partial charge in [0.2, 0.25) is 0 Å². The van der Waals surface area contributed by atoms with Crippen LogP contribution in [-0.4, -0.2) is 24.2 Å². The number of nitrogens with two attached hydrogens (primary N) is 1. The number of carboxylic acids is 1. The molecule has 5 heteroatoms. The first-order valence-electron chi connectivity index (χ1n) is 5.57. The largest absolute Gasteiger partial charge is 0.493 e. The van der Waals surface area contributed by atoms with Gasteiger partial charge in [-0.2, -0.15) is 0 Å². The number of carboxylic acid groups (broad SMARTS) is 1. The van der Waals surface area contributed by atoms with Crippen molar-refractivity contribution < 1.29 is 19.1 Å². The van der Waals surface area contributed by atoms with Gasteiger partial charge in [-0.25, -0.2) is 0 Å². The van der Waals surface area contributed by atoms with Crippen molar-refractivity contribution in [3.63, 3.8) is 0 Å². The van der Waals surface area contributed by atoms with Crippen molar-refractivity contribution in [1.82, 2.24) is 0 Å². The van der Waals surface area contributed by atoms with E-state index in [0.717, 1.165) is 16.7 Å². The molecule has 2 rings (SSSR count). The number of carbonyl (C=O) groups is 1. The van der Waals surface area contributed by atoms with Gasteiger partial charge in [0.1, 0.15) is 11.8 Å². The highest BCUT2D eigenvalue weighted by Gasteiger charge is 2.17. The fourth-order valence-corrected chi connectivity index (χ4v) is 1.94. The molecule has 1 unspecified atom stereocenters. The van der Waals surface area contributed by atoms with E-state index in [1.807, 2.05) is 19.1 Å². The van der Waals surface area contributed by atoms with Crippen LogP contribution in [0.25, 0.3) is 11.0 Å². The normalized spacial score (nSPS) is 12.6. The van der Waals surface area contributed by atoms with Gasteiger partial charge < -0.3 is 20.0 Å². The molecule has 18 heavy (non-hydrogen) atoms. The number of rotatable bonds is 4. The van der Waals surface area contributed by atoms with Crippen LogP contribution >= 0.6 is 0 Å². The van der Waals surface area contributed by atoms with E-state index in [4.69, 9.17) is 20.0 Å². The summed E-state index contributed by atoms with van der Waals surface area (Å²) in [5, 5.41) is 9.70. The highest BCUT2D eigenvalue weighted by atomic mass is 16.5. The minimum Gasteiger partial charge on any atom is -0.493 e. The van der Waals surface area contributed by atoms with Gasteiger partial charge in [-0.3, -0.25) is 4.79 Å². The van der Waals surface area contributed by atoms with Crippen LogP contribution in [0.4, 0.5) is 0 Å². The third-order valence-electron chi connectivity index (χ3n) is 2.84. The average molecular weight is 249 g/mol. The maximum Gasteiger partial charge on any atom is 0.320 e. The molecule has 0 aliphatic rings. The van der Waals surface area contributed by atoms with Crippen molar-refractivity contribution in [2.24, 2.45) is 5.73 Å². The van der Waals surface area contributed by atoms with E-state index in [1.165, 1.54) is 0 Å². The Balaban J connectivity index is 2.49. The van der Waals surface area contributed by atoms with Crippen LogP contribution in [0.15, 0.2) is 22.6 Å². The molecule has 0 saturated heterocycles. The monoisotopic (exact) mass is 249 g/mol. The first-order valence-corrected chi connectivity index (χ1v) is 5.57. The Morgan fingerprint density at radius 1 is 1.56 bits per heavy atom. The predicted molar refractivity (Wildman–Crippen MR) is 66.8 cm³/mol. The Hall–Kier alpha value is -2.01. The fourth-order valence-electron chi connectivity index (χ4n) is 1.94. The number of aliphatic carboxylic acids is 1. The Kier molecular flexibility index (Phi) is 3.25. The highest BCUT2D eigenvalue weighted by molar-refractivity contribution is 5.87.